The van der Waals surface area contributed by atoms with Crippen molar-refractivity contribution in [3.05, 3.63) is 35.4 Å². The van der Waals surface area contributed by atoms with Crippen molar-refractivity contribution >= 4 is 11.9 Å². The van der Waals surface area contributed by atoms with Gasteiger partial charge in [-0.2, -0.15) is 0 Å². The van der Waals surface area contributed by atoms with Crippen molar-refractivity contribution in [1.82, 2.24) is 16.0 Å². The Labute approximate surface area is 109 Å². The zero-order valence-electron chi connectivity index (χ0n) is 10.6. The lowest BCUT2D eigenvalue weighted by atomic mass is 10.1. The zero-order chi connectivity index (χ0) is 14.4. The van der Waals surface area contributed by atoms with Crippen LogP contribution >= 0.6 is 0 Å². The monoisotopic (exact) mass is 271 g/mol. The summed E-state index contributed by atoms with van der Waals surface area (Å²) in [5.41, 5.74) is 0.245. The molecule has 0 saturated heterocycles. The Hall–Kier alpha value is -2.02. The molecule has 0 saturated carbocycles. The summed E-state index contributed by atoms with van der Waals surface area (Å²) in [5.74, 6) is -1.90. The molecule has 0 radical (unpaired) electrons. The molecule has 0 aliphatic carbocycles. The highest BCUT2D eigenvalue weighted by atomic mass is 19.1. The maximum absolute atomic E-state index is 13.4. The van der Waals surface area contributed by atoms with Gasteiger partial charge in [-0.05, 0) is 13.0 Å². The van der Waals surface area contributed by atoms with Crippen molar-refractivity contribution in [1.29, 1.82) is 0 Å². The minimum absolute atomic E-state index is 0.161. The molecule has 0 aliphatic rings. The summed E-state index contributed by atoms with van der Waals surface area (Å²) in [6.07, 6.45) is 0. The first-order chi connectivity index (χ1) is 8.93. The number of urea groups is 1. The third-order valence-electron chi connectivity index (χ3n) is 2.48. The average molecular weight is 271 g/mol. The van der Waals surface area contributed by atoms with Gasteiger partial charge in [0.1, 0.15) is 11.6 Å². The van der Waals surface area contributed by atoms with Crippen molar-refractivity contribution < 1.29 is 18.4 Å². The largest absolute Gasteiger partial charge is 0.341 e. The fourth-order valence-corrected chi connectivity index (χ4v) is 1.44. The number of hydrogen-bond acceptors (Lipinski definition) is 3. The van der Waals surface area contributed by atoms with Gasteiger partial charge in [0, 0.05) is 24.7 Å². The van der Waals surface area contributed by atoms with Crippen LogP contribution in [0.25, 0.3) is 0 Å². The van der Waals surface area contributed by atoms with Crippen LogP contribution in [0.3, 0.4) is 0 Å². The van der Waals surface area contributed by atoms with Gasteiger partial charge in [-0.25, -0.2) is 13.6 Å². The van der Waals surface area contributed by atoms with Gasteiger partial charge in [0.05, 0.1) is 6.54 Å². The molecule has 0 spiro atoms. The predicted octanol–water partition coefficient (Wildman–Crippen LogP) is 1.07. The molecule has 0 bridgehead atoms. The quantitative estimate of drug-likeness (QED) is 0.767. The highest BCUT2D eigenvalue weighted by molar-refractivity contribution is 5.95. The molecule has 0 fully saturated rings. The molecule has 1 rings (SSSR count). The molecule has 1 aromatic carbocycles. The molecule has 3 N–H and O–H groups in total. The first-order valence-electron chi connectivity index (χ1n) is 5.64. The van der Waals surface area contributed by atoms with Gasteiger partial charge in [0.15, 0.2) is 0 Å². The maximum atomic E-state index is 13.4. The summed E-state index contributed by atoms with van der Waals surface area (Å²) >= 11 is 0. The van der Waals surface area contributed by atoms with E-state index in [0.717, 1.165) is 12.1 Å². The Morgan fingerprint density at radius 2 is 2.00 bits per heavy atom. The molecule has 1 aromatic rings. The second-order valence-corrected chi connectivity index (χ2v) is 3.90. The summed E-state index contributed by atoms with van der Waals surface area (Å²) in [4.78, 5) is 22.2. The minimum Gasteiger partial charge on any atom is -0.341 e. The highest BCUT2D eigenvalue weighted by Crippen LogP contribution is 2.17. The molecule has 1 atom stereocenters. The molecule has 5 nitrogen and oxygen atoms in total. The van der Waals surface area contributed by atoms with Crippen molar-refractivity contribution in [3.63, 3.8) is 0 Å². The van der Waals surface area contributed by atoms with E-state index < -0.39 is 29.6 Å². The Balaban J connectivity index is 2.53. The number of carbonyl (C=O) groups is 2. The van der Waals surface area contributed by atoms with Gasteiger partial charge < -0.3 is 10.6 Å². The Morgan fingerprint density at radius 1 is 1.32 bits per heavy atom. The van der Waals surface area contributed by atoms with Crippen LogP contribution in [0.4, 0.5) is 13.6 Å². The van der Waals surface area contributed by atoms with E-state index in [1.807, 2.05) is 0 Å². The zero-order valence-corrected chi connectivity index (χ0v) is 10.6. The number of benzene rings is 1. The van der Waals surface area contributed by atoms with Crippen molar-refractivity contribution in [2.45, 2.75) is 13.0 Å². The summed E-state index contributed by atoms with van der Waals surface area (Å²) in [6, 6.07) is 2.11. The standard InChI is InChI=1S/C12H15F2N3O2/c1-7(9-4-3-8(13)5-10(9)14)16-6-11(18)17-12(19)15-2/h3-5,7,16H,6H2,1-2H3,(H2,15,17,18,19)/t7-/m0/s1. The SMILES string of the molecule is CNC(=O)NC(=O)CN[C@@H](C)c1ccc(F)cc1F. The van der Waals surface area contributed by atoms with Crippen LogP contribution in [0.15, 0.2) is 18.2 Å². The van der Waals surface area contributed by atoms with E-state index in [2.05, 4.69) is 16.0 Å². The second kappa shape index (κ2) is 6.79. The van der Waals surface area contributed by atoms with E-state index >= 15 is 0 Å². The molecule has 0 unspecified atom stereocenters. The second-order valence-electron chi connectivity index (χ2n) is 3.90. The lowest BCUT2D eigenvalue weighted by Gasteiger charge is -2.14. The van der Waals surface area contributed by atoms with E-state index in [1.165, 1.54) is 13.1 Å². The van der Waals surface area contributed by atoms with Crippen LogP contribution in [-0.2, 0) is 4.79 Å². The Kier molecular flexibility index (Phi) is 5.37. The number of halogens is 2. The fourth-order valence-electron chi connectivity index (χ4n) is 1.44. The average Bonchev–Trinajstić information content (AvgIpc) is 2.35. The topological polar surface area (TPSA) is 70.2 Å². The minimum atomic E-state index is -0.688. The van der Waals surface area contributed by atoms with E-state index in [0.29, 0.717) is 0 Å². The van der Waals surface area contributed by atoms with E-state index in [4.69, 9.17) is 0 Å². The van der Waals surface area contributed by atoms with Gasteiger partial charge in [-0.1, -0.05) is 6.07 Å². The molecule has 3 amide bonds. The van der Waals surface area contributed by atoms with Crippen LogP contribution in [0.1, 0.15) is 18.5 Å². The van der Waals surface area contributed by atoms with Crippen molar-refractivity contribution in [3.8, 4) is 0 Å². The molecule has 7 heteroatoms. The van der Waals surface area contributed by atoms with Gasteiger partial charge in [-0.3, -0.25) is 10.1 Å². The van der Waals surface area contributed by atoms with Gasteiger partial charge in [0.2, 0.25) is 5.91 Å². The number of imide groups is 1. The van der Waals surface area contributed by atoms with Crippen LogP contribution in [0, 0.1) is 11.6 Å². The lowest BCUT2D eigenvalue weighted by Crippen LogP contribution is -2.42. The van der Waals surface area contributed by atoms with Crippen LogP contribution in [-0.4, -0.2) is 25.5 Å². The first-order valence-corrected chi connectivity index (χ1v) is 5.64. The van der Waals surface area contributed by atoms with Gasteiger partial charge in [0.25, 0.3) is 0 Å². The molecular weight excluding hydrogens is 256 g/mol. The molecular formula is C12H15F2N3O2. The molecule has 104 valence electrons. The van der Waals surface area contributed by atoms with Crippen LogP contribution in [0.5, 0.6) is 0 Å². The van der Waals surface area contributed by atoms with Crippen LogP contribution < -0.4 is 16.0 Å². The number of rotatable bonds is 4. The third-order valence-corrected chi connectivity index (χ3v) is 2.48. The van der Waals surface area contributed by atoms with Gasteiger partial charge >= 0.3 is 6.03 Å². The summed E-state index contributed by atoms with van der Waals surface area (Å²) in [6.45, 7) is 1.47. The Bertz CT molecular complexity index is 480. The summed E-state index contributed by atoms with van der Waals surface area (Å²) < 4.78 is 26.2. The smallest absolute Gasteiger partial charge is 0.321 e. The van der Waals surface area contributed by atoms with Crippen molar-refractivity contribution in [2.24, 2.45) is 0 Å². The molecule has 0 aromatic heterocycles. The first kappa shape index (κ1) is 15.0. The highest BCUT2D eigenvalue weighted by Gasteiger charge is 2.13. The molecule has 0 aliphatic heterocycles. The Morgan fingerprint density at radius 3 is 2.58 bits per heavy atom. The summed E-state index contributed by atoms with van der Waals surface area (Å²) in [5, 5.41) is 7.02. The predicted molar refractivity (Wildman–Crippen MR) is 65.4 cm³/mol. The molecule has 0 heterocycles. The van der Waals surface area contributed by atoms with E-state index in [-0.39, 0.29) is 12.1 Å². The van der Waals surface area contributed by atoms with Gasteiger partial charge in [-0.15, -0.1) is 0 Å². The number of carbonyl (C=O) groups excluding carboxylic acids is 2. The third kappa shape index (κ3) is 4.63. The normalized spacial score (nSPS) is 11.8. The maximum Gasteiger partial charge on any atom is 0.321 e. The number of amides is 3. The fraction of sp³-hybridized carbons (Fsp3) is 0.333. The molecule has 19 heavy (non-hydrogen) atoms. The summed E-state index contributed by atoms with van der Waals surface area (Å²) in [7, 11) is 1.38. The lowest BCUT2D eigenvalue weighted by molar-refractivity contribution is -0.119. The van der Waals surface area contributed by atoms with Crippen LogP contribution in [0.2, 0.25) is 0 Å². The number of nitrogens with one attached hydrogen (secondary N) is 3. The van der Waals surface area contributed by atoms with E-state index in [1.54, 1.807) is 6.92 Å². The van der Waals surface area contributed by atoms with Crippen molar-refractivity contribution in [2.75, 3.05) is 13.6 Å². The number of hydrogen-bond donors (Lipinski definition) is 3. The van der Waals surface area contributed by atoms with E-state index in [9.17, 15) is 18.4 Å².